The molecule has 5 nitrogen and oxygen atoms in total. The third kappa shape index (κ3) is 3.52. The van der Waals surface area contributed by atoms with E-state index in [2.05, 4.69) is 39.7 Å². The van der Waals surface area contributed by atoms with E-state index in [9.17, 15) is 0 Å². The lowest BCUT2D eigenvalue weighted by atomic mass is 10.1. The van der Waals surface area contributed by atoms with Crippen molar-refractivity contribution in [3.05, 3.63) is 78.3 Å². The topological polar surface area (TPSA) is 63.0 Å². The maximum Gasteiger partial charge on any atom is 0.229 e. The van der Waals surface area contributed by atoms with Gasteiger partial charge in [0.25, 0.3) is 0 Å². The molecule has 4 aromatic rings. The molecule has 0 atom stereocenters. The van der Waals surface area contributed by atoms with Crippen LogP contribution in [0.25, 0.3) is 10.9 Å². The second-order valence-corrected chi connectivity index (χ2v) is 6.02. The molecular formula is C21H20N4O. The molecule has 4 rings (SSSR count). The predicted octanol–water partition coefficient (Wildman–Crippen LogP) is 5.14. The first-order valence-electron chi connectivity index (χ1n) is 8.71. The molecule has 0 radical (unpaired) electrons. The zero-order valence-corrected chi connectivity index (χ0v) is 14.6. The van der Waals surface area contributed by atoms with Crippen LogP contribution in [0.3, 0.4) is 0 Å². The van der Waals surface area contributed by atoms with Crippen molar-refractivity contribution >= 4 is 28.4 Å². The zero-order valence-electron chi connectivity index (χ0n) is 14.6. The smallest absolute Gasteiger partial charge is 0.229 e. The Morgan fingerprint density at radius 3 is 2.54 bits per heavy atom. The molecule has 130 valence electrons. The van der Waals surface area contributed by atoms with Gasteiger partial charge in [0.05, 0.1) is 18.3 Å². The van der Waals surface area contributed by atoms with Crippen LogP contribution >= 0.6 is 0 Å². The number of benzene rings is 2. The van der Waals surface area contributed by atoms with Crippen molar-refractivity contribution in [1.29, 1.82) is 0 Å². The number of nitrogens with zero attached hydrogens (tertiary/aromatic N) is 2. The van der Waals surface area contributed by atoms with Crippen LogP contribution in [0.1, 0.15) is 18.2 Å². The summed E-state index contributed by atoms with van der Waals surface area (Å²) in [6, 6.07) is 20.1. The number of hydrogen-bond donors (Lipinski definition) is 2. The average Bonchev–Trinajstić information content (AvgIpc) is 3.20. The van der Waals surface area contributed by atoms with E-state index >= 15 is 0 Å². The van der Waals surface area contributed by atoms with Gasteiger partial charge >= 0.3 is 0 Å². The fourth-order valence-corrected chi connectivity index (χ4v) is 2.80. The third-order valence-corrected chi connectivity index (χ3v) is 4.23. The zero-order chi connectivity index (χ0) is 17.8. The normalized spacial score (nSPS) is 10.8. The van der Waals surface area contributed by atoms with E-state index in [4.69, 9.17) is 4.42 Å². The number of fused-ring (bicyclic) bond motifs is 1. The van der Waals surface area contributed by atoms with E-state index in [1.807, 2.05) is 48.5 Å². The van der Waals surface area contributed by atoms with Crippen molar-refractivity contribution in [1.82, 2.24) is 9.97 Å². The van der Waals surface area contributed by atoms with Gasteiger partial charge in [0.15, 0.2) is 0 Å². The van der Waals surface area contributed by atoms with Crippen molar-refractivity contribution in [2.75, 3.05) is 10.6 Å². The van der Waals surface area contributed by atoms with Crippen LogP contribution in [0.15, 0.2) is 71.3 Å². The molecule has 0 spiro atoms. The molecule has 0 fully saturated rings. The van der Waals surface area contributed by atoms with Crippen molar-refractivity contribution in [2.24, 2.45) is 0 Å². The number of rotatable bonds is 6. The Labute approximate surface area is 152 Å². The second kappa shape index (κ2) is 7.27. The molecule has 0 aliphatic rings. The number of furan rings is 1. The van der Waals surface area contributed by atoms with Crippen LogP contribution in [-0.4, -0.2) is 9.97 Å². The highest BCUT2D eigenvalue weighted by Crippen LogP contribution is 2.24. The number of anilines is 3. The molecule has 0 amide bonds. The van der Waals surface area contributed by atoms with Gasteiger partial charge in [-0.2, -0.15) is 4.98 Å². The molecule has 2 heterocycles. The van der Waals surface area contributed by atoms with Gasteiger partial charge < -0.3 is 15.1 Å². The summed E-state index contributed by atoms with van der Waals surface area (Å²) in [5, 5.41) is 7.62. The summed E-state index contributed by atoms with van der Waals surface area (Å²) in [4.78, 5) is 9.30. The first-order valence-corrected chi connectivity index (χ1v) is 8.71. The highest BCUT2D eigenvalue weighted by Gasteiger charge is 2.08. The number of aryl methyl sites for hydroxylation is 1. The lowest BCUT2D eigenvalue weighted by Crippen LogP contribution is -2.05. The minimum atomic E-state index is 0.565. The summed E-state index contributed by atoms with van der Waals surface area (Å²) >= 11 is 0. The Morgan fingerprint density at radius 2 is 1.77 bits per heavy atom. The molecule has 0 saturated heterocycles. The Bertz CT molecular complexity index is 994. The van der Waals surface area contributed by atoms with Gasteiger partial charge in [0, 0.05) is 11.1 Å². The van der Waals surface area contributed by atoms with Crippen LogP contribution < -0.4 is 10.6 Å². The summed E-state index contributed by atoms with van der Waals surface area (Å²) in [5.74, 6) is 2.20. The van der Waals surface area contributed by atoms with Crippen molar-refractivity contribution in [2.45, 2.75) is 19.9 Å². The maximum atomic E-state index is 5.39. The molecule has 0 aliphatic heterocycles. The number of aromatic nitrogens is 2. The SMILES string of the molecule is CCc1ccc(Nc2nc(NCc3ccco3)c3ccccc3n2)cc1. The molecule has 0 saturated carbocycles. The van der Waals surface area contributed by atoms with Gasteiger partial charge in [-0.1, -0.05) is 31.2 Å². The van der Waals surface area contributed by atoms with Gasteiger partial charge in [0.2, 0.25) is 5.95 Å². The Kier molecular flexibility index (Phi) is 4.51. The average molecular weight is 344 g/mol. The maximum absolute atomic E-state index is 5.39. The van der Waals surface area contributed by atoms with Crippen LogP contribution in [0.4, 0.5) is 17.5 Å². The summed E-state index contributed by atoms with van der Waals surface area (Å²) < 4.78 is 5.39. The van der Waals surface area contributed by atoms with E-state index in [0.717, 1.165) is 34.6 Å². The lowest BCUT2D eigenvalue weighted by Gasteiger charge is -2.11. The van der Waals surface area contributed by atoms with Gasteiger partial charge in [-0.25, -0.2) is 4.98 Å². The summed E-state index contributed by atoms with van der Waals surface area (Å²) in [6.07, 6.45) is 2.69. The highest BCUT2D eigenvalue weighted by molar-refractivity contribution is 5.90. The largest absolute Gasteiger partial charge is 0.467 e. The number of hydrogen-bond acceptors (Lipinski definition) is 5. The molecule has 0 unspecified atom stereocenters. The molecule has 26 heavy (non-hydrogen) atoms. The summed E-state index contributed by atoms with van der Waals surface area (Å²) in [7, 11) is 0. The predicted molar refractivity (Wildman–Crippen MR) is 105 cm³/mol. The monoisotopic (exact) mass is 344 g/mol. The molecule has 2 aromatic heterocycles. The van der Waals surface area contributed by atoms with Crippen LogP contribution in [-0.2, 0) is 13.0 Å². The lowest BCUT2D eigenvalue weighted by molar-refractivity contribution is 0.518. The molecule has 0 aliphatic carbocycles. The van der Waals surface area contributed by atoms with Gasteiger partial charge in [-0.3, -0.25) is 0 Å². The van der Waals surface area contributed by atoms with Gasteiger partial charge in [0.1, 0.15) is 11.6 Å². The van der Waals surface area contributed by atoms with E-state index in [-0.39, 0.29) is 0 Å². The number of para-hydroxylation sites is 1. The minimum absolute atomic E-state index is 0.565. The minimum Gasteiger partial charge on any atom is -0.467 e. The Morgan fingerprint density at radius 1 is 0.923 bits per heavy atom. The van der Waals surface area contributed by atoms with Crippen LogP contribution in [0, 0.1) is 0 Å². The van der Waals surface area contributed by atoms with E-state index in [0.29, 0.717) is 12.5 Å². The van der Waals surface area contributed by atoms with E-state index < -0.39 is 0 Å². The molecule has 2 aromatic carbocycles. The van der Waals surface area contributed by atoms with E-state index in [1.165, 1.54) is 5.56 Å². The number of nitrogens with one attached hydrogen (secondary N) is 2. The molecule has 0 bridgehead atoms. The van der Waals surface area contributed by atoms with E-state index in [1.54, 1.807) is 6.26 Å². The molecule has 5 heteroatoms. The van der Waals surface area contributed by atoms with Crippen LogP contribution in [0.5, 0.6) is 0 Å². The Hall–Kier alpha value is -3.34. The van der Waals surface area contributed by atoms with Gasteiger partial charge in [-0.15, -0.1) is 0 Å². The van der Waals surface area contributed by atoms with Gasteiger partial charge in [-0.05, 0) is 48.4 Å². The van der Waals surface area contributed by atoms with Crippen LogP contribution in [0.2, 0.25) is 0 Å². The fraction of sp³-hybridized carbons (Fsp3) is 0.143. The standard InChI is InChI=1S/C21H20N4O/c1-2-15-9-11-16(12-10-15)23-21-24-19-8-4-3-7-18(19)20(25-21)22-14-17-6-5-13-26-17/h3-13H,2,14H2,1H3,(H2,22,23,24,25). The van der Waals surface area contributed by atoms with Crippen molar-refractivity contribution in [3.8, 4) is 0 Å². The summed E-state index contributed by atoms with van der Waals surface area (Å²) in [6.45, 7) is 2.71. The summed E-state index contributed by atoms with van der Waals surface area (Å²) in [5.41, 5.74) is 3.15. The molecular weight excluding hydrogens is 324 g/mol. The fourth-order valence-electron chi connectivity index (χ4n) is 2.80. The second-order valence-electron chi connectivity index (χ2n) is 6.02. The molecule has 2 N–H and O–H groups in total. The first-order chi connectivity index (χ1) is 12.8. The quantitative estimate of drug-likeness (QED) is 0.507. The van der Waals surface area contributed by atoms with Crippen molar-refractivity contribution in [3.63, 3.8) is 0 Å². The Balaban J connectivity index is 1.63. The third-order valence-electron chi connectivity index (χ3n) is 4.23. The first kappa shape index (κ1) is 16.1. The highest BCUT2D eigenvalue weighted by atomic mass is 16.3. The van der Waals surface area contributed by atoms with Crippen molar-refractivity contribution < 1.29 is 4.42 Å².